The number of hydrogen-bond donors (Lipinski definition) is 1. The third-order valence-corrected chi connectivity index (χ3v) is 4.10. The maximum atomic E-state index is 12.3. The van der Waals surface area contributed by atoms with Crippen LogP contribution in [0.15, 0.2) is 33.9 Å². The van der Waals surface area contributed by atoms with E-state index in [4.69, 9.17) is 4.74 Å². The number of aromatic nitrogens is 2. The second-order valence-electron chi connectivity index (χ2n) is 5.69. The Bertz CT molecular complexity index is 847. The summed E-state index contributed by atoms with van der Waals surface area (Å²) in [6.45, 7) is 1.04. The van der Waals surface area contributed by atoms with Crippen LogP contribution in [0.2, 0.25) is 0 Å². The number of benzene rings is 1. The molecule has 0 radical (unpaired) electrons. The van der Waals surface area contributed by atoms with Crippen molar-refractivity contribution in [3.05, 3.63) is 45.1 Å². The number of carbonyl (C=O) groups excluding carboxylic acids is 1. The van der Waals surface area contributed by atoms with E-state index in [0.29, 0.717) is 17.4 Å². The Hall–Kier alpha value is -2.41. The Morgan fingerprint density at radius 1 is 1.35 bits per heavy atom. The molecule has 1 aliphatic heterocycles. The predicted octanol–water partition coefficient (Wildman–Crippen LogP) is -0.00460. The van der Waals surface area contributed by atoms with Gasteiger partial charge in [0.1, 0.15) is 6.54 Å². The third kappa shape index (κ3) is 3.05. The summed E-state index contributed by atoms with van der Waals surface area (Å²) in [5, 5.41) is 3.21. The number of nitrogens with zero attached hydrogens (tertiary/aromatic N) is 2. The van der Waals surface area contributed by atoms with Gasteiger partial charge in [0.25, 0.3) is 5.56 Å². The van der Waals surface area contributed by atoms with Crippen LogP contribution in [0.1, 0.15) is 12.8 Å². The molecular weight excluding hydrogens is 298 g/mol. The molecule has 23 heavy (non-hydrogen) atoms. The Morgan fingerprint density at radius 3 is 2.87 bits per heavy atom. The molecule has 2 aromatic rings. The molecule has 1 atom stereocenters. The van der Waals surface area contributed by atoms with Crippen molar-refractivity contribution in [1.82, 2.24) is 14.5 Å². The molecule has 3 rings (SSSR count). The molecule has 7 heteroatoms. The fourth-order valence-electron chi connectivity index (χ4n) is 2.83. The molecule has 122 valence electrons. The van der Waals surface area contributed by atoms with Gasteiger partial charge in [0.05, 0.1) is 17.0 Å². The zero-order chi connectivity index (χ0) is 16.4. The van der Waals surface area contributed by atoms with Crippen LogP contribution in [0.25, 0.3) is 10.9 Å². The van der Waals surface area contributed by atoms with Gasteiger partial charge in [-0.25, -0.2) is 4.79 Å². The van der Waals surface area contributed by atoms with Gasteiger partial charge in [0, 0.05) is 20.2 Å². The highest BCUT2D eigenvalue weighted by Gasteiger charge is 2.17. The lowest BCUT2D eigenvalue weighted by atomic mass is 10.2. The van der Waals surface area contributed by atoms with Gasteiger partial charge in [0.2, 0.25) is 5.91 Å². The summed E-state index contributed by atoms with van der Waals surface area (Å²) in [6.07, 6.45) is 1.99. The molecule has 1 amide bonds. The number of amides is 1. The average molecular weight is 317 g/mol. The quantitative estimate of drug-likeness (QED) is 0.860. The van der Waals surface area contributed by atoms with Crippen molar-refractivity contribution < 1.29 is 9.53 Å². The lowest BCUT2D eigenvalue weighted by molar-refractivity contribution is -0.122. The van der Waals surface area contributed by atoms with Crippen molar-refractivity contribution >= 4 is 16.8 Å². The van der Waals surface area contributed by atoms with Crippen LogP contribution < -0.4 is 16.6 Å². The smallest absolute Gasteiger partial charge is 0.331 e. The first-order valence-corrected chi connectivity index (χ1v) is 7.65. The summed E-state index contributed by atoms with van der Waals surface area (Å²) in [5.74, 6) is -0.272. The summed E-state index contributed by atoms with van der Waals surface area (Å²) in [4.78, 5) is 36.6. The second kappa shape index (κ2) is 6.37. The van der Waals surface area contributed by atoms with E-state index in [9.17, 15) is 14.4 Å². The minimum absolute atomic E-state index is 0.0487. The molecule has 1 aromatic carbocycles. The van der Waals surface area contributed by atoms with Gasteiger partial charge in [-0.1, -0.05) is 12.1 Å². The van der Waals surface area contributed by atoms with E-state index in [2.05, 4.69) is 5.32 Å². The topological polar surface area (TPSA) is 82.3 Å². The number of fused-ring (bicyclic) bond motifs is 1. The van der Waals surface area contributed by atoms with Gasteiger partial charge in [-0.05, 0) is 25.0 Å². The molecule has 1 aromatic heterocycles. The number of rotatable bonds is 4. The Labute approximate surface area is 132 Å². The van der Waals surface area contributed by atoms with E-state index in [-0.39, 0.29) is 24.1 Å². The van der Waals surface area contributed by atoms with Crippen LogP contribution in [-0.2, 0) is 23.1 Å². The first-order valence-electron chi connectivity index (χ1n) is 7.65. The van der Waals surface area contributed by atoms with Crippen molar-refractivity contribution in [1.29, 1.82) is 0 Å². The van der Waals surface area contributed by atoms with Crippen molar-refractivity contribution in [2.24, 2.45) is 7.05 Å². The molecule has 1 N–H and O–H groups in total. The van der Waals surface area contributed by atoms with Crippen molar-refractivity contribution in [3.63, 3.8) is 0 Å². The van der Waals surface area contributed by atoms with Crippen LogP contribution in [0.5, 0.6) is 0 Å². The van der Waals surface area contributed by atoms with Crippen LogP contribution >= 0.6 is 0 Å². The zero-order valence-electron chi connectivity index (χ0n) is 12.9. The predicted molar refractivity (Wildman–Crippen MR) is 85.4 cm³/mol. The summed E-state index contributed by atoms with van der Waals surface area (Å²) in [7, 11) is 1.41. The molecule has 1 aliphatic rings. The Kier molecular flexibility index (Phi) is 4.29. The molecule has 1 fully saturated rings. The van der Waals surface area contributed by atoms with Gasteiger partial charge >= 0.3 is 5.69 Å². The van der Waals surface area contributed by atoms with Gasteiger partial charge < -0.3 is 10.1 Å². The minimum atomic E-state index is -0.499. The number of carbonyl (C=O) groups is 1. The molecule has 0 saturated carbocycles. The summed E-state index contributed by atoms with van der Waals surface area (Å²) < 4.78 is 7.80. The first kappa shape index (κ1) is 15.5. The van der Waals surface area contributed by atoms with Gasteiger partial charge in [-0.3, -0.25) is 18.7 Å². The number of ether oxygens (including phenoxy) is 1. The number of nitrogens with one attached hydrogen (secondary N) is 1. The lowest BCUT2D eigenvalue weighted by Gasteiger charge is -2.14. The van der Waals surface area contributed by atoms with Crippen LogP contribution in [0.4, 0.5) is 0 Å². The third-order valence-electron chi connectivity index (χ3n) is 4.10. The summed E-state index contributed by atoms with van der Waals surface area (Å²) in [5.41, 5.74) is -0.393. The first-order chi connectivity index (χ1) is 11.1. The summed E-state index contributed by atoms with van der Waals surface area (Å²) in [6, 6.07) is 6.79. The highest BCUT2D eigenvalue weighted by atomic mass is 16.5. The van der Waals surface area contributed by atoms with Crippen molar-refractivity contribution in [2.45, 2.75) is 25.5 Å². The van der Waals surface area contributed by atoms with Gasteiger partial charge in [-0.15, -0.1) is 0 Å². The van der Waals surface area contributed by atoms with Crippen LogP contribution in [-0.4, -0.2) is 34.3 Å². The number of hydrogen-bond acceptors (Lipinski definition) is 4. The standard InChI is InChI=1S/C16H19N3O4/c1-18-15(21)12-6-2-3-7-13(12)19(16(18)22)10-14(20)17-9-11-5-4-8-23-11/h2-3,6-7,11H,4-5,8-10H2,1H3,(H,17,20)/t11-/m1/s1. The van der Waals surface area contributed by atoms with E-state index in [1.54, 1.807) is 24.3 Å². The molecule has 7 nitrogen and oxygen atoms in total. The van der Waals surface area contributed by atoms with E-state index in [1.807, 2.05) is 0 Å². The normalized spacial score (nSPS) is 17.5. The fraction of sp³-hybridized carbons (Fsp3) is 0.438. The van der Waals surface area contributed by atoms with Gasteiger partial charge in [0.15, 0.2) is 0 Å². The van der Waals surface area contributed by atoms with Gasteiger partial charge in [-0.2, -0.15) is 0 Å². The highest BCUT2D eigenvalue weighted by Crippen LogP contribution is 2.10. The van der Waals surface area contributed by atoms with E-state index in [1.165, 1.54) is 11.6 Å². The molecular formula is C16H19N3O4. The highest BCUT2D eigenvalue weighted by molar-refractivity contribution is 5.81. The van der Waals surface area contributed by atoms with E-state index < -0.39 is 5.69 Å². The molecule has 0 aliphatic carbocycles. The molecule has 0 bridgehead atoms. The largest absolute Gasteiger partial charge is 0.376 e. The number of para-hydroxylation sites is 1. The molecule has 1 saturated heterocycles. The van der Waals surface area contributed by atoms with Crippen molar-refractivity contribution in [2.75, 3.05) is 13.2 Å². The Balaban J connectivity index is 1.86. The van der Waals surface area contributed by atoms with Crippen molar-refractivity contribution in [3.8, 4) is 0 Å². The zero-order valence-corrected chi connectivity index (χ0v) is 12.9. The fourth-order valence-corrected chi connectivity index (χ4v) is 2.83. The van der Waals surface area contributed by atoms with Crippen LogP contribution in [0.3, 0.4) is 0 Å². The molecule has 0 spiro atoms. The molecule has 2 heterocycles. The van der Waals surface area contributed by atoms with Crippen LogP contribution in [0, 0.1) is 0 Å². The van der Waals surface area contributed by atoms with E-state index in [0.717, 1.165) is 24.0 Å². The average Bonchev–Trinajstić information content (AvgIpc) is 3.08. The maximum Gasteiger partial charge on any atom is 0.331 e. The van der Waals surface area contributed by atoms with E-state index >= 15 is 0 Å². The second-order valence-corrected chi connectivity index (χ2v) is 5.69. The maximum absolute atomic E-state index is 12.3. The Morgan fingerprint density at radius 2 is 2.13 bits per heavy atom. The lowest BCUT2D eigenvalue weighted by Crippen LogP contribution is -2.42. The minimum Gasteiger partial charge on any atom is -0.376 e. The molecule has 0 unspecified atom stereocenters. The SMILES string of the molecule is Cn1c(=O)c2ccccc2n(CC(=O)NC[C@H]2CCCO2)c1=O. The monoisotopic (exact) mass is 317 g/mol. The summed E-state index contributed by atoms with van der Waals surface area (Å²) >= 11 is 0.